The highest BCUT2D eigenvalue weighted by Crippen LogP contribution is 2.37. The van der Waals surface area contributed by atoms with Gasteiger partial charge in [-0.1, -0.05) is 30.2 Å². The molecule has 2 atom stereocenters. The summed E-state index contributed by atoms with van der Waals surface area (Å²) < 4.78 is 10.5. The fraction of sp³-hybridized carbons (Fsp3) is 0.407. The maximum atomic E-state index is 12.1. The van der Waals surface area contributed by atoms with Crippen LogP contribution in [0.3, 0.4) is 0 Å². The molecular weight excluding hydrogens is 428 g/mol. The molecule has 2 fully saturated rings. The van der Waals surface area contributed by atoms with Crippen LogP contribution in [0.25, 0.3) is 21.8 Å². The van der Waals surface area contributed by atoms with Gasteiger partial charge in [0.2, 0.25) is 0 Å². The quantitative estimate of drug-likeness (QED) is 0.444. The van der Waals surface area contributed by atoms with Crippen LogP contribution < -0.4 is 5.32 Å². The van der Waals surface area contributed by atoms with E-state index in [1.54, 1.807) is 0 Å². The van der Waals surface area contributed by atoms with E-state index in [1.807, 2.05) is 18.2 Å². The Labute approximate surface area is 199 Å². The van der Waals surface area contributed by atoms with Crippen molar-refractivity contribution in [3.8, 4) is 12.3 Å². The lowest BCUT2D eigenvalue weighted by atomic mass is 9.91. The van der Waals surface area contributed by atoms with Crippen molar-refractivity contribution in [3.05, 3.63) is 53.9 Å². The lowest BCUT2D eigenvalue weighted by Crippen LogP contribution is -2.49. The first-order valence-corrected chi connectivity index (χ1v) is 11.8. The van der Waals surface area contributed by atoms with Crippen molar-refractivity contribution in [1.82, 2.24) is 20.2 Å². The average molecular weight is 459 g/mol. The third-order valence-corrected chi connectivity index (χ3v) is 7.14. The van der Waals surface area contributed by atoms with Gasteiger partial charge in [-0.15, -0.1) is 6.42 Å². The fourth-order valence-corrected chi connectivity index (χ4v) is 5.31. The molecule has 2 unspecified atom stereocenters. The van der Waals surface area contributed by atoms with Crippen molar-refractivity contribution in [1.29, 1.82) is 0 Å². The number of aromatic amines is 1. The molecule has 0 aliphatic carbocycles. The number of amides is 1. The van der Waals surface area contributed by atoms with E-state index in [1.165, 1.54) is 7.11 Å². The fourth-order valence-electron chi connectivity index (χ4n) is 5.31. The third-order valence-electron chi connectivity index (χ3n) is 7.14. The van der Waals surface area contributed by atoms with Crippen LogP contribution in [0, 0.1) is 18.3 Å². The topological polar surface area (TPSA) is 79.5 Å². The van der Waals surface area contributed by atoms with Gasteiger partial charge in [-0.3, -0.25) is 4.90 Å². The van der Waals surface area contributed by atoms with Gasteiger partial charge >= 0.3 is 6.09 Å². The number of alkyl carbamates (subject to hydrolysis) is 1. The highest BCUT2D eigenvalue weighted by molar-refractivity contribution is 6.04. The van der Waals surface area contributed by atoms with Crippen molar-refractivity contribution < 1.29 is 14.3 Å². The first kappa shape index (κ1) is 22.5. The molecule has 0 radical (unpaired) electrons. The van der Waals surface area contributed by atoms with E-state index in [-0.39, 0.29) is 12.1 Å². The van der Waals surface area contributed by atoms with Crippen LogP contribution in [0.5, 0.6) is 0 Å². The van der Waals surface area contributed by atoms with Crippen molar-refractivity contribution in [2.45, 2.75) is 31.3 Å². The maximum Gasteiger partial charge on any atom is 0.407 e. The molecule has 0 bridgehead atoms. The maximum absolute atomic E-state index is 12.1. The monoisotopic (exact) mass is 458 g/mol. The number of nitrogens with one attached hydrogen (secondary N) is 2. The summed E-state index contributed by atoms with van der Waals surface area (Å²) in [7, 11) is 1.40. The van der Waals surface area contributed by atoms with Gasteiger partial charge in [0, 0.05) is 43.3 Å². The van der Waals surface area contributed by atoms with Crippen LogP contribution in [0.2, 0.25) is 0 Å². The number of carbonyl (C=O) groups excluding carboxylic acids is 1. The molecule has 2 saturated heterocycles. The Morgan fingerprint density at radius 3 is 2.97 bits per heavy atom. The van der Waals surface area contributed by atoms with Gasteiger partial charge in [0.1, 0.15) is 5.82 Å². The summed E-state index contributed by atoms with van der Waals surface area (Å²) >= 11 is 0. The van der Waals surface area contributed by atoms with E-state index in [4.69, 9.17) is 20.9 Å². The Morgan fingerprint density at radius 2 is 2.21 bits per heavy atom. The number of terminal acetylenes is 1. The van der Waals surface area contributed by atoms with Gasteiger partial charge < -0.3 is 19.8 Å². The van der Waals surface area contributed by atoms with Gasteiger partial charge in [-0.25, -0.2) is 9.78 Å². The molecule has 7 nitrogen and oxygen atoms in total. The number of hydrogen-bond acceptors (Lipinski definition) is 5. The standard InChI is InChI=1S/C27H30N4O3/c1-4-18-5-7-21-20(15-18)6-8-22-24(21)30-26(28-22)25-17(2)9-12-31(25)16-23(29-27(32)33-3)19-10-13-34-14-11-19/h1,5-8,15,19,23,25H,2,9-14,16H2,3H3,(H,28,30)(H,29,32). The Hall–Kier alpha value is -3.34. The van der Waals surface area contributed by atoms with Crippen molar-refractivity contribution in [2.24, 2.45) is 5.92 Å². The first-order chi connectivity index (χ1) is 16.6. The highest BCUT2D eigenvalue weighted by Gasteiger charge is 2.36. The second-order valence-corrected chi connectivity index (χ2v) is 9.16. The SMILES string of the molecule is C#Cc1ccc2c(ccc3[nH]c(C4C(=C)CCN4CC(NC(=O)OC)C4CCOCC4)nc32)c1. The number of carbonyl (C=O) groups is 1. The van der Waals surface area contributed by atoms with Crippen LogP contribution in [0.15, 0.2) is 42.5 Å². The van der Waals surface area contributed by atoms with Crippen molar-refractivity contribution >= 4 is 27.9 Å². The Morgan fingerprint density at radius 1 is 1.38 bits per heavy atom. The van der Waals surface area contributed by atoms with Gasteiger partial charge in [0.25, 0.3) is 0 Å². The molecule has 1 amide bonds. The Bertz CT molecular complexity index is 1270. The highest BCUT2D eigenvalue weighted by atomic mass is 16.5. The van der Waals surface area contributed by atoms with Crippen molar-refractivity contribution in [2.75, 3.05) is 33.4 Å². The Balaban J connectivity index is 1.45. The van der Waals surface area contributed by atoms with E-state index in [0.29, 0.717) is 12.5 Å². The number of ether oxygens (including phenoxy) is 2. The van der Waals surface area contributed by atoms with Crippen LogP contribution in [-0.4, -0.2) is 60.4 Å². The largest absolute Gasteiger partial charge is 0.453 e. The molecule has 1 aromatic heterocycles. The smallest absolute Gasteiger partial charge is 0.407 e. The number of rotatable bonds is 5. The molecule has 3 aromatic rings. The molecule has 5 rings (SSSR count). The van der Waals surface area contributed by atoms with Gasteiger partial charge in [0.15, 0.2) is 0 Å². The lowest BCUT2D eigenvalue weighted by Gasteiger charge is -2.35. The number of benzene rings is 2. The zero-order valence-corrected chi connectivity index (χ0v) is 19.5. The van der Waals surface area contributed by atoms with Gasteiger partial charge in [-0.05, 0) is 48.8 Å². The Kier molecular flexibility index (Phi) is 6.27. The minimum absolute atomic E-state index is 0.0304. The summed E-state index contributed by atoms with van der Waals surface area (Å²) in [6.07, 6.45) is 7.92. The predicted octanol–water partition coefficient (Wildman–Crippen LogP) is 4.15. The molecule has 34 heavy (non-hydrogen) atoms. The molecule has 2 aliphatic heterocycles. The molecule has 2 aliphatic rings. The number of aromatic nitrogens is 2. The minimum Gasteiger partial charge on any atom is -0.453 e. The molecular formula is C27H30N4O3. The average Bonchev–Trinajstić information content (AvgIpc) is 3.46. The zero-order valence-electron chi connectivity index (χ0n) is 19.5. The van der Waals surface area contributed by atoms with Crippen molar-refractivity contribution in [3.63, 3.8) is 0 Å². The molecule has 2 aromatic carbocycles. The van der Waals surface area contributed by atoms with E-state index in [2.05, 4.69) is 39.8 Å². The normalized spacial score (nSPS) is 20.5. The summed E-state index contributed by atoms with van der Waals surface area (Å²) in [5.41, 5.74) is 3.91. The molecule has 0 spiro atoms. The summed E-state index contributed by atoms with van der Waals surface area (Å²) in [4.78, 5) is 23.1. The molecule has 3 heterocycles. The molecule has 176 valence electrons. The molecule has 7 heteroatoms. The summed E-state index contributed by atoms with van der Waals surface area (Å²) in [5.74, 6) is 3.92. The number of hydrogen-bond donors (Lipinski definition) is 2. The van der Waals surface area contributed by atoms with Crippen LogP contribution in [-0.2, 0) is 9.47 Å². The number of likely N-dealkylation sites (tertiary alicyclic amines) is 1. The zero-order chi connectivity index (χ0) is 23.7. The molecule has 0 saturated carbocycles. The number of methoxy groups -OCH3 is 1. The van der Waals surface area contributed by atoms with Crippen LogP contribution in [0.4, 0.5) is 4.79 Å². The van der Waals surface area contributed by atoms with Crippen LogP contribution in [0.1, 0.15) is 36.7 Å². The summed E-state index contributed by atoms with van der Waals surface area (Å²) in [6, 6.07) is 10.1. The summed E-state index contributed by atoms with van der Waals surface area (Å²) in [6.45, 7) is 7.37. The first-order valence-electron chi connectivity index (χ1n) is 11.8. The summed E-state index contributed by atoms with van der Waals surface area (Å²) in [5, 5.41) is 5.22. The predicted molar refractivity (Wildman–Crippen MR) is 132 cm³/mol. The van der Waals surface area contributed by atoms with Gasteiger partial charge in [0.05, 0.1) is 24.2 Å². The second kappa shape index (κ2) is 9.49. The third kappa shape index (κ3) is 4.27. The number of nitrogens with zero attached hydrogens (tertiary/aromatic N) is 2. The van der Waals surface area contributed by atoms with E-state index in [0.717, 1.165) is 77.8 Å². The van der Waals surface area contributed by atoms with Gasteiger partial charge in [-0.2, -0.15) is 0 Å². The number of imidazole rings is 1. The minimum atomic E-state index is -0.396. The van der Waals surface area contributed by atoms with E-state index in [9.17, 15) is 4.79 Å². The van der Waals surface area contributed by atoms with Crippen LogP contribution >= 0.6 is 0 Å². The van der Waals surface area contributed by atoms with E-state index < -0.39 is 6.09 Å². The molecule has 2 N–H and O–H groups in total. The number of fused-ring (bicyclic) bond motifs is 3. The lowest BCUT2D eigenvalue weighted by molar-refractivity contribution is 0.0459. The second-order valence-electron chi connectivity index (χ2n) is 9.16. The number of H-pyrrole nitrogens is 1. The van der Waals surface area contributed by atoms with E-state index >= 15 is 0 Å².